The van der Waals surface area contributed by atoms with E-state index >= 15 is 0 Å². The Morgan fingerprint density at radius 2 is 0.787 bits per heavy atom. The van der Waals surface area contributed by atoms with Crippen LogP contribution in [-0.2, 0) is 33.6 Å². The first-order chi connectivity index (χ1) is 29.8. The highest BCUT2D eigenvalue weighted by atomic mass is 16.3. The summed E-state index contributed by atoms with van der Waals surface area (Å²) in [4.78, 5) is 47.5. The molecule has 3 N–H and O–H groups in total. The lowest BCUT2D eigenvalue weighted by Gasteiger charge is -2.30. The Bertz CT molecular complexity index is 2150. The molecule has 5 aromatic carbocycles. The summed E-state index contributed by atoms with van der Waals surface area (Å²) in [5.74, 6) is -1.58. The molecule has 0 saturated heterocycles. The first kappa shape index (κ1) is 52.4. The third kappa shape index (κ3) is 14.0. The van der Waals surface area contributed by atoms with Crippen LogP contribution in [0.3, 0.4) is 0 Å². The van der Waals surface area contributed by atoms with Crippen LogP contribution in [0.15, 0.2) is 151 Å². The number of Topliss-reactive ketones (excluding diaryl/α,β-unsaturated/α-hetero) is 2. The number of hydrogen-bond acceptors (Lipinski definition) is 7. The van der Waals surface area contributed by atoms with E-state index < -0.39 is 5.92 Å². The second-order valence-electron chi connectivity index (χ2n) is 12.2. The molecule has 0 radical (unpaired) electrons. The lowest BCUT2D eigenvalue weighted by molar-refractivity contribution is -0.116. The molecule has 61 heavy (non-hydrogen) atoms. The molecule has 0 heterocycles. The van der Waals surface area contributed by atoms with E-state index in [2.05, 4.69) is 0 Å². The maximum absolute atomic E-state index is 13.3. The van der Waals surface area contributed by atoms with Crippen LogP contribution in [0.4, 0.5) is 0 Å². The van der Waals surface area contributed by atoms with Crippen LogP contribution < -0.4 is 0 Å². The second kappa shape index (κ2) is 28.8. The molecule has 3 aliphatic rings. The average molecular weight is 825 g/mol. The van der Waals surface area contributed by atoms with Crippen LogP contribution >= 0.6 is 0 Å². The molecule has 0 amide bonds. The van der Waals surface area contributed by atoms with E-state index in [1.807, 2.05) is 166 Å². The van der Waals surface area contributed by atoms with Crippen molar-refractivity contribution in [3.63, 3.8) is 0 Å². The summed E-state index contributed by atoms with van der Waals surface area (Å²) in [5, 5.41) is 31.7. The number of fused-ring (bicyclic) bond motifs is 3. The van der Waals surface area contributed by atoms with Gasteiger partial charge in [0.2, 0.25) is 0 Å². The SMILES string of the molecule is CC.CC.CC.CC.CC.O=C1C=C(O)c2ccccc2C1.O=C1Cc2ccccc2C(O)=C1C(C1=C(O)c2ccccc2CC1=O)c1ccccc1.O=Cc1ccccc1. The van der Waals surface area contributed by atoms with E-state index in [9.17, 15) is 34.5 Å². The van der Waals surface area contributed by atoms with Gasteiger partial charge in [-0.15, -0.1) is 0 Å². The third-order valence-electron chi connectivity index (χ3n) is 8.96. The number of aliphatic hydroxyl groups excluding tert-OH is 3. The minimum absolute atomic E-state index is 0.0359. The van der Waals surface area contributed by atoms with Gasteiger partial charge in [-0.05, 0) is 22.3 Å². The van der Waals surface area contributed by atoms with Crippen LogP contribution in [-0.4, -0.2) is 39.0 Å². The van der Waals surface area contributed by atoms with Crippen LogP contribution in [0.5, 0.6) is 0 Å². The maximum Gasteiger partial charge on any atom is 0.167 e. The molecule has 0 spiro atoms. The number of hydrogen-bond donors (Lipinski definition) is 3. The molecule has 0 bridgehead atoms. The molecular formula is C54H64O7. The smallest absolute Gasteiger partial charge is 0.167 e. The van der Waals surface area contributed by atoms with Crippen LogP contribution in [0.1, 0.15) is 124 Å². The van der Waals surface area contributed by atoms with Gasteiger partial charge < -0.3 is 15.3 Å². The van der Waals surface area contributed by atoms with Gasteiger partial charge in [0.15, 0.2) is 17.3 Å². The Hall–Kier alpha value is -6.60. The van der Waals surface area contributed by atoms with Crippen molar-refractivity contribution >= 4 is 40.9 Å². The summed E-state index contributed by atoms with van der Waals surface area (Å²) in [6, 6.07) is 40.0. The Kier molecular flexibility index (Phi) is 24.7. The number of allylic oxidation sites excluding steroid dienone is 3. The first-order valence-electron chi connectivity index (χ1n) is 21.4. The van der Waals surface area contributed by atoms with Crippen LogP contribution in [0.2, 0.25) is 0 Å². The monoisotopic (exact) mass is 824 g/mol. The summed E-state index contributed by atoms with van der Waals surface area (Å²) in [6.07, 6.45) is 2.79. The molecule has 8 rings (SSSR count). The summed E-state index contributed by atoms with van der Waals surface area (Å²) in [7, 11) is 0. The Morgan fingerprint density at radius 1 is 0.443 bits per heavy atom. The Labute approximate surface area is 363 Å². The Morgan fingerprint density at radius 3 is 1.18 bits per heavy atom. The van der Waals surface area contributed by atoms with Crippen molar-refractivity contribution in [3.05, 3.63) is 195 Å². The second-order valence-corrected chi connectivity index (χ2v) is 12.2. The van der Waals surface area contributed by atoms with Gasteiger partial charge in [0.05, 0.1) is 11.1 Å². The number of aliphatic hydroxyl groups is 3. The predicted octanol–water partition coefficient (Wildman–Crippen LogP) is 13.3. The van der Waals surface area contributed by atoms with E-state index in [-0.39, 0.29) is 58.6 Å². The summed E-state index contributed by atoms with van der Waals surface area (Å²) in [5.41, 5.74) is 6.05. The molecular weight excluding hydrogens is 761 g/mol. The fourth-order valence-electron chi connectivity index (χ4n) is 6.55. The minimum Gasteiger partial charge on any atom is -0.507 e. The minimum atomic E-state index is -0.858. The van der Waals surface area contributed by atoms with E-state index in [1.165, 1.54) is 6.08 Å². The van der Waals surface area contributed by atoms with Gasteiger partial charge >= 0.3 is 0 Å². The van der Waals surface area contributed by atoms with Crippen molar-refractivity contribution in [2.24, 2.45) is 0 Å². The molecule has 7 heteroatoms. The highest BCUT2D eigenvalue weighted by molar-refractivity contribution is 6.13. The van der Waals surface area contributed by atoms with Gasteiger partial charge in [0, 0.05) is 53.5 Å². The van der Waals surface area contributed by atoms with Crippen molar-refractivity contribution < 1.29 is 34.5 Å². The van der Waals surface area contributed by atoms with Crippen molar-refractivity contribution in [1.82, 2.24) is 0 Å². The predicted molar refractivity (Wildman–Crippen MR) is 253 cm³/mol. The molecule has 0 saturated carbocycles. The highest BCUT2D eigenvalue weighted by Crippen LogP contribution is 2.44. The topological polar surface area (TPSA) is 129 Å². The van der Waals surface area contributed by atoms with E-state index in [4.69, 9.17) is 0 Å². The van der Waals surface area contributed by atoms with Gasteiger partial charge in [-0.1, -0.05) is 203 Å². The van der Waals surface area contributed by atoms with E-state index in [1.54, 1.807) is 36.4 Å². The van der Waals surface area contributed by atoms with Crippen molar-refractivity contribution in [1.29, 1.82) is 0 Å². The lowest BCUT2D eigenvalue weighted by Crippen LogP contribution is -2.27. The number of ketones is 3. The molecule has 0 atom stereocenters. The van der Waals surface area contributed by atoms with E-state index in [0.29, 0.717) is 23.1 Å². The summed E-state index contributed by atoms with van der Waals surface area (Å²) >= 11 is 0. The zero-order chi connectivity index (χ0) is 45.9. The fraction of sp³-hybridized carbons (Fsp3) is 0.259. The number of aldehydes is 1. The quantitative estimate of drug-likeness (QED) is 0.154. The maximum atomic E-state index is 13.3. The van der Waals surface area contributed by atoms with Crippen molar-refractivity contribution in [3.8, 4) is 0 Å². The molecule has 322 valence electrons. The standard InChI is InChI=1S/C27H20O4.C10H8O2.C7H6O.5C2H6/c28-21-14-17-10-4-6-12-19(17)26(30)24(21)23(16-8-2-1-3-9-16)25-22(29)15-18-11-5-7-13-20(18)27(25)31;11-8-5-7-3-1-2-4-9(7)10(12)6-8;8-6-7-4-2-1-3-5-7;5*1-2/h1-13,23,30-31H,14-15H2;1-4,6,12H,5H2;1-6H;5*1-2H3. The van der Waals surface area contributed by atoms with Crippen molar-refractivity contribution in [2.75, 3.05) is 0 Å². The third-order valence-corrected chi connectivity index (χ3v) is 8.96. The number of carbonyl (C=O) groups excluding carboxylic acids is 4. The molecule has 0 aromatic heterocycles. The molecule has 0 aliphatic heterocycles. The van der Waals surface area contributed by atoms with Gasteiger partial charge in [-0.2, -0.15) is 0 Å². The van der Waals surface area contributed by atoms with Gasteiger partial charge in [0.1, 0.15) is 23.6 Å². The lowest BCUT2D eigenvalue weighted by atomic mass is 9.73. The zero-order valence-corrected chi connectivity index (χ0v) is 37.5. The first-order valence-corrected chi connectivity index (χ1v) is 21.4. The number of benzene rings is 5. The van der Waals surface area contributed by atoms with Crippen LogP contribution in [0, 0.1) is 0 Å². The van der Waals surface area contributed by atoms with Gasteiger partial charge in [-0.3, -0.25) is 19.2 Å². The average Bonchev–Trinajstić information content (AvgIpc) is 3.32. The molecule has 3 aliphatic carbocycles. The molecule has 5 aromatic rings. The Balaban J connectivity index is 0.000000509. The summed E-state index contributed by atoms with van der Waals surface area (Å²) in [6.45, 7) is 20.0. The van der Waals surface area contributed by atoms with Crippen LogP contribution in [0.25, 0.3) is 17.3 Å². The highest BCUT2D eigenvalue weighted by Gasteiger charge is 2.39. The largest absolute Gasteiger partial charge is 0.507 e. The molecule has 0 fully saturated rings. The van der Waals surface area contributed by atoms with Gasteiger partial charge in [-0.25, -0.2) is 0 Å². The zero-order valence-electron chi connectivity index (χ0n) is 37.5. The number of rotatable bonds is 4. The van der Waals surface area contributed by atoms with Crippen molar-refractivity contribution in [2.45, 2.75) is 94.4 Å². The molecule has 0 unspecified atom stereocenters. The normalized spacial score (nSPS) is 12.7. The van der Waals surface area contributed by atoms with Gasteiger partial charge in [0.25, 0.3) is 0 Å². The molecule has 7 nitrogen and oxygen atoms in total. The fourth-order valence-corrected chi connectivity index (χ4v) is 6.55. The van der Waals surface area contributed by atoms with E-state index in [0.717, 1.165) is 34.1 Å². The number of carbonyl (C=O) groups is 4. The summed E-state index contributed by atoms with van der Waals surface area (Å²) < 4.78 is 0.